The molecule has 1 aliphatic heterocycles. The van der Waals surface area contributed by atoms with Crippen molar-refractivity contribution in [1.82, 2.24) is 67.1 Å². The van der Waals surface area contributed by atoms with Gasteiger partial charge in [-0.2, -0.15) is 0 Å². The molecule has 3 rings (SSSR count). The number of aliphatic carboxylic acids is 3. The number of primary amides is 1. The van der Waals surface area contributed by atoms with Crippen molar-refractivity contribution in [3.8, 4) is 0 Å². The summed E-state index contributed by atoms with van der Waals surface area (Å²) < 4.78 is 0. The van der Waals surface area contributed by atoms with Crippen LogP contribution in [0.1, 0.15) is 110 Å². The molecule has 2 heterocycles. The number of aromatic nitrogens is 1. The molecule has 0 unspecified atom stereocenters. The van der Waals surface area contributed by atoms with Crippen LogP contribution >= 0.6 is 0 Å². The van der Waals surface area contributed by atoms with E-state index in [1.165, 1.54) is 0 Å². The van der Waals surface area contributed by atoms with Crippen LogP contribution in [0.15, 0.2) is 40.4 Å². The smallest absolute Gasteiger partial charge is 0.317 e. The lowest BCUT2D eigenvalue weighted by atomic mass is 9.97. The minimum Gasteiger partial charge on any atom is -0.480 e. The molecule has 38 nitrogen and oxygen atoms in total. The molecule has 104 heavy (non-hydrogen) atoms. The average molecular weight is 1470 g/mol. The normalized spacial score (nSPS) is 16.2. The number of aromatic amines is 1. The lowest BCUT2D eigenvalue weighted by Gasteiger charge is -2.32. The van der Waals surface area contributed by atoms with Gasteiger partial charge in [-0.05, 0) is 101 Å². The first-order valence-corrected chi connectivity index (χ1v) is 35.3. The van der Waals surface area contributed by atoms with Gasteiger partial charge in [-0.15, -0.1) is 0 Å². The maximum atomic E-state index is 14.7. The van der Waals surface area contributed by atoms with Crippen LogP contribution in [0, 0.1) is 11.8 Å². The van der Waals surface area contributed by atoms with E-state index in [4.69, 9.17) is 40.1 Å². The number of rotatable bonds is 47. The summed E-state index contributed by atoms with van der Waals surface area (Å²) >= 11 is 0. The fourth-order valence-electron chi connectivity index (χ4n) is 11.4. The third-order valence-electron chi connectivity index (χ3n) is 17.5. The molecule has 0 spiro atoms. The van der Waals surface area contributed by atoms with Gasteiger partial charge in [0.25, 0.3) is 0 Å². The summed E-state index contributed by atoms with van der Waals surface area (Å²) in [6.45, 7) is 7.11. The Balaban J connectivity index is 1.85. The molecular weight excluding hydrogens is 1360 g/mol. The maximum absolute atomic E-state index is 14.7. The van der Waals surface area contributed by atoms with Crippen LogP contribution in [0.2, 0.25) is 0 Å². The number of carboxylic acids is 3. The summed E-state index contributed by atoms with van der Waals surface area (Å²) in [6.07, 6.45) is 3.35. The minimum absolute atomic E-state index is 0.00835. The molecule has 0 saturated carbocycles. The number of unbranched alkanes of at least 4 members (excludes halogenated alkanes) is 2. The van der Waals surface area contributed by atoms with E-state index in [9.17, 15) is 78.0 Å². The Hall–Kier alpha value is -9.34. The van der Waals surface area contributed by atoms with Crippen LogP contribution in [0.5, 0.6) is 0 Å². The van der Waals surface area contributed by atoms with E-state index < -0.39 is 126 Å². The minimum atomic E-state index is -1.80. The molecule has 0 aliphatic carbocycles. The van der Waals surface area contributed by atoms with Crippen LogP contribution in [-0.2, 0) is 64.0 Å². The van der Waals surface area contributed by atoms with Crippen molar-refractivity contribution >= 4 is 93.9 Å². The third kappa shape index (κ3) is 34.8. The summed E-state index contributed by atoms with van der Waals surface area (Å²) in [5.41, 5.74) is 41.4. The SMILES string of the molecule is CC[C@H](C)[C@H](N)C(=O)N[C@@H](CC(C)C)C(=O)N[C@@H](CCCN=C(N)N)C(=O)N[C@@H](Cc1c[nH]c2ccccc12)C(=O)N[C@@H](CO)C(=O)N[C@@H](CCCN=C(N)N)C(=O)N[C@@H](CCCCN)C(=O)N[C@@H](CCCCNC(=O)CN1CCN(CC(=O)O)CCN(CC(=O)O)CCN(CC(=O)O)CC1)C(N)=O. The first-order chi connectivity index (χ1) is 49.3. The predicted molar refractivity (Wildman–Crippen MR) is 387 cm³/mol. The Morgan fingerprint density at radius 3 is 1.35 bits per heavy atom. The van der Waals surface area contributed by atoms with Crippen molar-refractivity contribution in [3.05, 3.63) is 36.0 Å². The number of aliphatic hydroxyl groups is 1. The van der Waals surface area contributed by atoms with Gasteiger partial charge in [0, 0.05) is 95.5 Å². The number of fused-ring (bicyclic) bond motifs is 1. The molecular formula is C66H114N22O16. The molecule has 1 aromatic carbocycles. The molecule has 9 atom stereocenters. The lowest BCUT2D eigenvalue weighted by Crippen LogP contribution is -2.61. The van der Waals surface area contributed by atoms with E-state index in [1.54, 1.807) is 57.0 Å². The Labute approximate surface area is 605 Å². The van der Waals surface area contributed by atoms with Crippen molar-refractivity contribution in [1.29, 1.82) is 0 Å². The second-order valence-electron chi connectivity index (χ2n) is 26.4. The molecule has 1 saturated heterocycles. The average Bonchev–Trinajstić information content (AvgIpc) is 1.62. The van der Waals surface area contributed by atoms with Gasteiger partial charge in [-0.1, -0.05) is 52.3 Å². The number of carboxylic acid groups (broad SMARTS) is 3. The van der Waals surface area contributed by atoms with Crippen molar-refractivity contribution in [2.45, 2.75) is 160 Å². The highest BCUT2D eigenvalue weighted by molar-refractivity contribution is 5.98. The van der Waals surface area contributed by atoms with E-state index in [2.05, 4.69) is 57.5 Å². The van der Waals surface area contributed by atoms with E-state index in [0.29, 0.717) is 42.1 Å². The number of nitrogens with zero attached hydrogens (tertiary/aromatic N) is 6. The second-order valence-corrected chi connectivity index (χ2v) is 26.4. The predicted octanol–water partition coefficient (Wildman–Crippen LogP) is -6.00. The number of benzene rings is 1. The zero-order valence-electron chi connectivity index (χ0n) is 60.3. The number of nitrogens with two attached hydrogens (primary N) is 7. The van der Waals surface area contributed by atoms with Gasteiger partial charge in [-0.25, -0.2) is 0 Å². The number of guanidine groups is 2. The number of aliphatic imine (C=N–C) groups is 2. The van der Waals surface area contributed by atoms with E-state index >= 15 is 0 Å². The molecule has 1 aromatic heterocycles. The van der Waals surface area contributed by atoms with Gasteiger partial charge in [0.2, 0.25) is 53.2 Å². The zero-order valence-corrected chi connectivity index (χ0v) is 60.3. The molecule has 584 valence electrons. The molecule has 2 aromatic rings. The monoisotopic (exact) mass is 1470 g/mol. The summed E-state index contributed by atoms with van der Waals surface area (Å²) in [4.78, 5) is 179. The number of hydrogen-bond donors (Lipinski definition) is 20. The Kier molecular flexibility index (Phi) is 40.9. The van der Waals surface area contributed by atoms with Crippen molar-refractivity contribution in [2.75, 3.05) is 111 Å². The van der Waals surface area contributed by atoms with Gasteiger partial charge < -0.3 is 108 Å². The van der Waals surface area contributed by atoms with Gasteiger partial charge in [0.05, 0.1) is 38.8 Å². The summed E-state index contributed by atoms with van der Waals surface area (Å²) in [5.74, 6) is -11.4. The molecule has 0 radical (unpaired) electrons. The second kappa shape index (κ2) is 47.8. The van der Waals surface area contributed by atoms with Crippen LogP contribution in [0.4, 0.5) is 0 Å². The number of carbonyl (C=O) groups excluding carboxylic acids is 9. The van der Waals surface area contributed by atoms with Gasteiger partial charge in [0.1, 0.15) is 42.3 Å². The first-order valence-electron chi connectivity index (χ1n) is 35.3. The highest BCUT2D eigenvalue weighted by atomic mass is 16.4. The first kappa shape index (κ1) is 88.9. The molecule has 1 fully saturated rings. The standard InChI is InChI=1S/C66H114N22O16/c1-5-41(4)56(68)64(104)83-49(32-40(2)3)61(101)80-48(19-13-23-76-66(72)73)60(100)82-50(33-42-34-77-44-15-7-6-14-43(42)44)62(102)84-51(39-89)63(103)81-47(18-12-22-75-65(70)71)59(99)79-46(17-8-10-20-67)58(98)78-45(57(69)97)16-9-11-21-74-52(90)35-85-24-26-86(36-53(91)92)28-30-88(38-55(95)96)31-29-87(27-25-85)37-54(93)94/h6-7,14-15,34,40-41,45-51,56,77,89H,5,8-13,16-33,35-39,67-68H2,1-4H3,(H2,69,97)(H,74,90)(H,78,98)(H,79,99)(H,80,101)(H,81,103)(H,82,100)(H,83,104)(H,84,102)(H,91,92)(H,93,94)(H,95,96)(H4,70,71,75)(H4,72,73,76)/t41-,45-,46-,47-,48-,49-,50-,51-,56-/m0/s1. The fourth-order valence-corrected chi connectivity index (χ4v) is 11.4. The van der Waals surface area contributed by atoms with Crippen LogP contribution in [-0.4, -0.2) is 288 Å². The summed E-state index contributed by atoms with van der Waals surface area (Å²) in [7, 11) is 0. The van der Waals surface area contributed by atoms with E-state index in [0.717, 1.165) is 0 Å². The van der Waals surface area contributed by atoms with Crippen LogP contribution < -0.4 is 82.7 Å². The highest BCUT2D eigenvalue weighted by Gasteiger charge is 2.36. The zero-order chi connectivity index (χ0) is 77.4. The number of carbonyl (C=O) groups is 12. The number of nitrogens with one attached hydrogen (secondary N) is 9. The number of amides is 9. The number of aliphatic hydroxyl groups excluding tert-OH is 1. The van der Waals surface area contributed by atoms with Crippen LogP contribution in [0.3, 0.4) is 0 Å². The van der Waals surface area contributed by atoms with Gasteiger partial charge in [-0.3, -0.25) is 87.1 Å². The lowest BCUT2D eigenvalue weighted by molar-refractivity contribution is -0.140. The molecule has 1 aliphatic rings. The number of hydrogen-bond acceptors (Lipinski definition) is 21. The summed E-state index contributed by atoms with van der Waals surface area (Å²) in [6, 6.07) is -3.78. The Morgan fingerprint density at radius 1 is 0.510 bits per heavy atom. The van der Waals surface area contributed by atoms with Crippen molar-refractivity contribution < 1.29 is 78.0 Å². The van der Waals surface area contributed by atoms with Crippen LogP contribution in [0.25, 0.3) is 10.9 Å². The Morgan fingerprint density at radius 2 is 0.904 bits per heavy atom. The molecule has 9 amide bonds. The quantitative estimate of drug-likeness (QED) is 0.0167. The number of H-pyrrole nitrogens is 1. The van der Waals surface area contributed by atoms with E-state index in [1.807, 2.05) is 20.8 Å². The number of para-hydroxylation sites is 1. The Bertz CT molecular complexity index is 3130. The highest BCUT2D eigenvalue weighted by Crippen LogP contribution is 2.20. The van der Waals surface area contributed by atoms with Gasteiger partial charge in [0.15, 0.2) is 11.9 Å². The molecule has 0 bridgehead atoms. The van der Waals surface area contributed by atoms with Gasteiger partial charge >= 0.3 is 17.9 Å². The largest absolute Gasteiger partial charge is 0.480 e. The maximum Gasteiger partial charge on any atom is 0.317 e. The van der Waals surface area contributed by atoms with Crippen molar-refractivity contribution in [2.24, 2.45) is 62.0 Å². The fraction of sp³-hybridized carbons (Fsp3) is 0.667. The van der Waals surface area contributed by atoms with Crippen molar-refractivity contribution in [3.63, 3.8) is 0 Å². The molecule has 38 heteroatoms. The third-order valence-corrected chi connectivity index (χ3v) is 17.5. The van der Waals surface area contributed by atoms with E-state index in [-0.39, 0.29) is 186 Å². The molecule has 27 N–H and O–H groups in total. The summed E-state index contributed by atoms with van der Waals surface area (Å²) in [5, 5.41) is 61.5. The topological polar surface area (TPSA) is 618 Å².